The van der Waals surface area contributed by atoms with Crippen molar-refractivity contribution in [2.45, 2.75) is 30.6 Å². The summed E-state index contributed by atoms with van der Waals surface area (Å²) in [5.74, 6) is -4.32. The predicted molar refractivity (Wildman–Crippen MR) is 91.4 cm³/mol. The number of carboxylic acid groups (broad SMARTS) is 2. The third-order valence-corrected chi connectivity index (χ3v) is 4.96. The lowest BCUT2D eigenvalue weighted by Crippen LogP contribution is -2.57. The van der Waals surface area contributed by atoms with Crippen LogP contribution >= 0.6 is 11.8 Å². The molecule has 0 aliphatic carbocycles. The number of aliphatic hydroxyl groups is 3. The van der Waals surface area contributed by atoms with Crippen LogP contribution in [0.5, 0.6) is 0 Å². The maximum absolute atomic E-state index is 11.9. The van der Waals surface area contributed by atoms with Crippen LogP contribution in [0.15, 0.2) is 0 Å². The molecule has 1 amide bonds. The molecule has 26 heavy (non-hydrogen) atoms. The molecule has 6 N–H and O–H groups in total. The van der Waals surface area contributed by atoms with Gasteiger partial charge < -0.3 is 30.8 Å². The van der Waals surface area contributed by atoms with E-state index in [9.17, 15) is 19.2 Å². The Hall–Kier alpha value is -1.69. The van der Waals surface area contributed by atoms with Crippen molar-refractivity contribution in [1.82, 2.24) is 5.32 Å². The van der Waals surface area contributed by atoms with Gasteiger partial charge >= 0.3 is 11.9 Å². The molecular formula is C15H24NO9S. The van der Waals surface area contributed by atoms with Gasteiger partial charge in [0.25, 0.3) is 0 Å². The molecule has 149 valence electrons. The van der Waals surface area contributed by atoms with Crippen molar-refractivity contribution in [2.75, 3.05) is 25.6 Å². The number of carboxylic acids is 2. The number of aliphatic hydroxyl groups excluding tert-OH is 3. The van der Waals surface area contributed by atoms with Crippen molar-refractivity contribution in [1.29, 1.82) is 0 Å². The Morgan fingerprint density at radius 3 is 2.00 bits per heavy atom. The minimum Gasteiger partial charge on any atom is -0.481 e. The van der Waals surface area contributed by atoms with Gasteiger partial charge in [-0.2, -0.15) is 0 Å². The van der Waals surface area contributed by atoms with Crippen LogP contribution in [0.3, 0.4) is 0 Å². The predicted octanol–water partition coefficient (Wildman–Crippen LogP) is -1.72. The molecule has 1 radical (unpaired) electrons. The van der Waals surface area contributed by atoms with Gasteiger partial charge in [-0.15, -0.1) is 11.8 Å². The molecule has 0 spiro atoms. The smallest absolute Gasteiger partial charge is 0.317 e. The summed E-state index contributed by atoms with van der Waals surface area (Å²) in [4.78, 5) is 45.2. The highest BCUT2D eigenvalue weighted by molar-refractivity contribution is 8.00. The number of thioether (sulfide) groups is 1. The number of hydrogen-bond donors (Lipinski definition) is 6. The molecule has 0 aliphatic heterocycles. The SMILES string of the molecule is CC(=O)C(C[CH]C(=O)NC(CO)(CO)CO)CSC(CC(=O)O)C(=O)O. The highest BCUT2D eigenvalue weighted by Crippen LogP contribution is 2.22. The zero-order valence-electron chi connectivity index (χ0n) is 14.3. The number of Topliss-reactive ketones (excluding diaryl/α,β-unsaturated/α-hetero) is 1. The first-order valence-corrected chi connectivity index (χ1v) is 8.70. The van der Waals surface area contributed by atoms with Crippen molar-refractivity contribution in [3.8, 4) is 0 Å². The standard InChI is InChI=1S/C15H24NO9S/c1-9(20)10(5-26-11(14(24)25)4-13(22)23)2-3-12(21)16-15(6-17,7-18)8-19/h3,10-11,17-19H,2,4-8H2,1H3,(H,16,21)(H,22,23)(H,24,25). The molecule has 10 nitrogen and oxygen atoms in total. The van der Waals surface area contributed by atoms with Crippen LogP contribution in [-0.2, 0) is 19.2 Å². The summed E-state index contributed by atoms with van der Waals surface area (Å²) < 4.78 is 0. The number of carbonyl (C=O) groups is 4. The highest BCUT2D eigenvalue weighted by Gasteiger charge is 2.30. The number of carbonyl (C=O) groups excluding carboxylic acids is 2. The molecule has 0 aliphatic rings. The van der Waals surface area contributed by atoms with E-state index in [-0.39, 0.29) is 18.0 Å². The Morgan fingerprint density at radius 1 is 1.08 bits per heavy atom. The number of hydrogen-bond acceptors (Lipinski definition) is 8. The fourth-order valence-electron chi connectivity index (χ4n) is 1.79. The third-order valence-electron chi connectivity index (χ3n) is 3.59. The third kappa shape index (κ3) is 8.61. The Bertz CT molecular complexity index is 499. The molecule has 0 bridgehead atoms. The van der Waals surface area contributed by atoms with Gasteiger partial charge in [0.2, 0.25) is 5.91 Å². The average molecular weight is 394 g/mol. The Kier molecular flexibility index (Phi) is 11.1. The van der Waals surface area contributed by atoms with Crippen LogP contribution in [0.1, 0.15) is 19.8 Å². The highest BCUT2D eigenvalue weighted by atomic mass is 32.2. The zero-order valence-corrected chi connectivity index (χ0v) is 15.1. The minimum atomic E-state index is -1.59. The number of ketones is 1. The van der Waals surface area contributed by atoms with Gasteiger partial charge in [0.05, 0.1) is 32.7 Å². The van der Waals surface area contributed by atoms with E-state index in [1.54, 1.807) is 0 Å². The summed E-state index contributed by atoms with van der Waals surface area (Å²) in [5.41, 5.74) is -1.59. The molecular weight excluding hydrogens is 370 g/mol. The van der Waals surface area contributed by atoms with Crippen molar-refractivity contribution >= 4 is 35.4 Å². The maximum atomic E-state index is 11.9. The summed E-state index contributed by atoms with van der Waals surface area (Å²) in [6, 6.07) is 0. The maximum Gasteiger partial charge on any atom is 0.317 e. The number of aliphatic carboxylic acids is 2. The molecule has 0 fully saturated rings. The minimum absolute atomic E-state index is 0.00844. The van der Waals surface area contributed by atoms with E-state index in [1.807, 2.05) is 0 Å². The van der Waals surface area contributed by atoms with Crippen molar-refractivity contribution < 1.29 is 44.7 Å². The monoisotopic (exact) mass is 394 g/mol. The van der Waals surface area contributed by atoms with E-state index in [1.165, 1.54) is 6.92 Å². The summed E-state index contributed by atoms with van der Waals surface area (Å²) >= 11 is 0.800. The van der Waals surface area contributed by atoms with E-state index >= 15 is 0 Å². The van der Waals surface area contributed by atoms with Gasteiger partial charge in [-0.1, -0.05) is 0 Å². The summed E-state index contributed by atoms with van der Waals surface area (Å²) in [6.45, 7) is -0.813. The Morgan fingerprint density at radius 2 is 1.62 bits per heavy atom. The van der Waals surface area contributed by atoms with Crippen LogP contribution in [0.25, 0.3) is 0 Å². The molecule has 0 aromatic heterocycles. The molecule has 0 saturated heterocycles. The van der Waals surface area contributed by atoms with Crippen molar-refractivity contribution in [3.63, 3.8) is 0 Å². The largest absolute Gasteiger partial charge is 0.481 e. The summed E-state index contributed by atoms with van der Waals surface area (Å²) in [6.07, 6.45) is 0.447. The van der Waals surface area contributed by atoms with Crippen LogP contribution in [-0.4, -0.2) is 85.5 Å². The van der Waals surface area contributed by atoms with E-state index in [2.05, 4.69) is 5.32 Å². The Balaban J connectivity index is 4.69. The molecule has 2 unspecified atom stereocenters. The van der Waals surface area contributed by atoms with Crippen LogP contribution in [0, 0.1) is 12.3 Å². The normalized spacial score (nSPS) is 13.7. The summed E-state index contributed by atoms with van der Waals surface area (Å²) in [5, 5.41) is 46.2. The van der Waals surface area contributed by atoms with E-state index in [0.29, 0.717) is 0 Å². The summed E-state index contributed by atoms with van der Waals surface area (Å²) in [7, 11) is 0. The van der Waals surface area contributed by atoms with E-state index in [0.717, 1.165) is 18.2 Å². The van der Waals surface area contributed by atoms with Gasteiger partial charge in [0.1, 0.15) is 16.6 Å². The van der Waals surface area contributed by atoms with Crippen LogP contribution in [0.4, 0.5) is 0 Å². The lowest BCUT2D eigenvalue weighted by Gasteiger charge is -2.28. The van der Waals surface area contributed by atoms with Crippen LogP contribution < -0.4 is 5.32 Å². The molecule has 2 atom stereocenters. The van der Waals surface area contributed by atoms with Gasteiger partial charge in [-0.05, 0) is 13.3 Å². The van der Waals surface area contributed by atoms with Gasteiger partial charge in [-0.25, -0.2) is 0 Å². The second kappa shape index (κ2) is 11.8. The molecule has 0 aromatic carbocycles. The number of amides is 1. The zero-order chi connectivity index (χ0) is 20.3. The second-order valence-corrected chi connectivity index (χ2v) is 6.99. The van der Waals surface area contributed by atoms with E-state index < -0.39 is 60.8 Å². The van der Waals surface area contributed by atoms with E-state index in [4.69, 9.17) is 25.5 Å². The van der Waals surface area contributed by atoms with Crippen LogP contribution in [0.2, 0.25) is 0 Å². The molecule has 11 heteroatoms. The van der Waals surface area contributed by atoms with Gasteiger partial charge in [0, 0.05) is 11.7 Å². The number of nitrogens with one attached hydrogen (secondary N) is 1. The first-order valence-electron chi connectivity index (χ1n) is 7.65. The molecule has 0 heterocycles. The molecule has 0 rings (SSSR count). The van der Waals surface area contributed by atoms with Crippen molar-refractivity contribution in [2.24, 2.45) is 5.92 Å². The fraction of sp³-hybridized carbons (Fsp3) is 0.667. The first-order chi connectivity index (χ1) is 12.1. The van der Waals surface area contributed by atoms with Gasteiger partial charge in [0.15, 0.2) is 0 Å². The number of rotatable bonds is 14. The quantitative estimate of drug-likeness (QED) is 0.198. The second-order valence-electron chi connectivity index (χ2n) is 5.75. The average Bonchev–Trinajstić information content (AvgIpc) is 2.57. The fourth-order valence-corrected chi connectivity index (χ4v) is 3.03. The Labute approximate surface area is 154 Å². The molecule has 0 saturated carbocycles. The lowest BCUT2D eigenvalue weighted by molar-refractivity contribution is -0.142. The topological polar surface area (TPSA) is 181 Å². The van der Waals surface area contributed by atoms with Crippen molar-refractivity contribution in [3.05, 3.63) is 6.42 Å². The molecule has 0 aromatic rings. The lowest BCUT2D eigenvalue weighted by atomic mass is 9.99. The first kappa shape index (κ1) is 24.3. The van der Waals surface area contributed by atoms with Gasteiger partial charge in [-0.3, -0.25) is 19.2 Å².